The van der Waals surface area contributed by atoms with E-state index in [1.165, 1.54) is 12.4 Å². The van der Waals surface area contributed by atoms with Crippen LogP contribution in [0.15, 0.2) is 30.6 Å². The number of hydrogen-bond donors (Lipinski definition) is 2. The standard InChI is InChI=1S/C14H14Cl2N4O2/c1-22-6-5-17-14(21)11-7-12(19-8-18-11)20-10-4-2-3-9(15)13(10)16/h2-4,7-8H,5-6H2,1H3,(H,17,21)(H,18,19,20). The summed E-state index contributed by atoms with van der Waals surface area (Å²) >= 11 is 12.1. The lowest BCUT2D eigenvalue weighted by Crippen LogP contribution is -2.27. The Hall–Kier alpha value is -1.89. The molecule has 2 rings (SSSR count). The van der Waals surface area contributed by atoms with Crippen LogP contribution in [0.2, 0.25) is 10.0 Å². The summed E-state index contributed by atoms with van der Waals surface area (Å²) in [6.45, 7) is 0.836. The van der Waals surface area contributed by atoms with Crippen LogP contribution in [0, 0.1) is 0 Å². The molecule has 2 N–H and O–H groups in total. The molecule has 2 aromatic rings. The fraction of sp³-hybridized carbons (Fsp3) is 0.214. The lowest BCUT2D eigenvalue weighted by Gasteiger charge is -2.09. The molecule has 22 heavy (non-hydrogen) atoms. The second-order valence-corrected chi connectivity index (χ2v) is 5.05. The molecule has 1 amide bonds. The minimum Gasteiger partial charge on any atom is -0.383 e. The second kappa shape index (κ2) is 7.93. The van der Waals surface area contributed by atoms with Gasteiger partial charge in [-0.25, -0.2) is 9.97 Å². The van der Waals surface area contributed by atoms with Crippen molar-refractivity contribution in [1.29, 1.82) is 0 Å². The van der Waals surface area contributed by atoms with Crippen LogP contribution >= 0.6 is 23.2 Å². The maximum Gasteiger partial charge on any atom is 0.270 e. The summed E-state index contributed by atoms with van der Waals surface area (Å²) in [5, 5.41) is 6.50. The number of carbonyl (C=O) groups is 1. The second-order valence-electron chi connectivity index (χ2n) is 4.26. The molecule has 6 nitrogen and oxygen atoms in total. The third kappa shape index (κ3) is 4.30. The molecule has 116 valence electrons. The van der Waals surface area contributed by atoms with E-state index in [9.17, 15) is 4.79 Å². The monoisotopic (exact) mass is 340 g/mol. The van der Waals surface area contributed by atoms with Crippen LogP contribution < -0.4 is 10.6 Å². The van der Waals surface area contributed by atoms with Crippen molar-refractivity contribution in [3.63, 3.8) is 0 Å². The third-order valence-corrected chi connectivity index (χ3v) is 3.52. The first kappa shape index (κ1) is 16.5. The first-order valence-corrected chi connectivity index (χ1v) is 7.17. The van der Waals surface area contributed by atoms with Gasteiger partial charge in [-0.05, 0) is 12.1 Å². The molecule has 0 saturated carbocycles. The van der Waals surface area contributed by atoms with Gasteiger partial charge in [0.25, 0.3) is 5.91 Å². The molecular weight excluding hydrogens is 327 g/mol. The molecule has 0 radical (unpaired) electrons. The number of methoxy groups -OCH3 is 1. The number of hydrogen-bond acceptors (Lipinski definition) is 5. The van der Waals surface area contributed by atoms with Gasteiger partial charge in [-0.2, -0.15) is 0 Å². The van der Waals surface area contributed by atoms with Crippen LogP contribution in [0.1, 0.15) is 10.5 Å². The third-order valence-electron chi connectivity index (χ3n) is 2.71. The van der Waals surface area contributed by atoms with Crippen molar-refractivity contribution in [2.75, 3.05) is 25.6 Å². The van der Waals surface area contributed by atoms with Crippen molar-refractivity contribution in [3.05, 3.63) is 46.3 Å². The first-order valence-electron chi connectivity index (χ1n) is 6.42. The molecule has 0 spiro atoms. The van der Waals surface area contributed by atoms with Gasteiger partial charge in [0.15, 0.2) is 0 Å². The highest BCUT2D eigenvalue weighted by Gasteiger charge is 2.10. The molecule has 0 saturated heterocycles. The number of nitrogens with zero attached hydrogens (tertiary/aromatic N) is 2. The Bertz CT molecular complexity index is 667. The Kier molecular flexibility index (Phi) is 5.94. The highest BCUT2D eigenvalue weighted by atomic mass is 35.5. The van der Waals surface area contributed by atoms with E-state index in [0.29, 0.717) is 34.7 Å². The molecule has 1 aromatic heterocycles. The van der Waals surface area contributed by atoms with Gasteiger partial charge < -0.3 is 15.4 Å². The molecule has 0 atom stereocenters. The van der Waals surface area contributed by atoms with Gasteiger partial charge in [0.05, 0.1) is 22.3 Å². The largest absolute Gasteiger partial charge is 0.383 e. The van der Waals surface area contributed by atoms with Crippen molar-refractivity contribution in [2.45, 2.75) is 0 Å². The summed E-state index contributed by atoms with van der Waals surface area (Å²) in [6, 6.07) is 6.73. The molecule has 1 heterocycles. The lowest BCUT2D eigenvalue weighted by molar-refractivity contribution is 0.0932. The van der Waals surface area contributed by atoms with Gasteiger partial charge in [0.2, 0.25) is 0 Å². The van der Waals surface area contributed by atoms with Gasteiger partial charge in [0.1, 0.15) is 17.8 Å². The van der Waals surface area contributed by atoms with E-state index in [1.54, 1.807) is 25.3 Å². The van der Waals surface area contributed by atoms with Crippen LogP contribution in [-0.4, -0.2) is 36.1 Å². The van der Waals surface area contributed by atoms with Gasteiger partial charge in [0, 0.05) is 19.7 Å². The molecule has 0 bridgehead atoms. The number of anilines is 2. The first-order chi connectivity index (χ1) is 10.6. The fourth-order valence-electron chi connectivity index (χ4n) is 1.65. The molecule has 0 aliphatic heterocycles. The van der Waals surface area contributed by atoms with Crippen LogP contribution in [0.4, 0.5) is 11.5 Å². The number of benzene rings is 1. The minimum absolute atomic E-state index is 0.242. The normalized spacial score (nSPS) is 10.3. The topological polar surface area (TPSA) is 76.1 Å². The molecule has 0 unspecified atom stereocenters. The minimum atomic E-state index is -0.306. The number of carbonyl (C=O) groups excluding carboxylic acids is 1. The van der Waals surface area contributed by atoms with E-state index in [0.717, 1.165) is 0 Å². The predicted octanol–water partition coefficient (Wildman–Crippen LogP) is 2.90. The summed E-state index contributed by atoms with van der Waals surface area (Å²) < 4.78 is 4.87. The average molecular weight is 341 g/mol. The van der Waals surface area contributed by atoms with Crippen LogP contribution in [0.25, 0.3) is 0 Å². The number of amides is 1. The number of rotatable bonds is 6. The molecule has 0 aliphatic rings. The summed E-state index contributed by atoms with van der Waals surface area (Å²) in [6.07, 6.45) is 1.30. The van der Waals surface area contributed by atoms with Crippen molar-refractivity contribution in [3.8, 4) is 0 Å². The number of nitrogens with one attached hydrogen (secondary N) is 2. The van der Waals surface area contributed by atoms with E-state index < -0.39 is 0 Å². The quantitative estimate of drug-likeness (QED) is 0.790. The summed E-state index contributed by atoms with van der Waals surface area (Å²) in [7, 11) is 1.56. The van der Waals surface area contributed by atoms with Gasteiger partial charge in [-0.3, -0.25) is 4.79 Å². The number of halogens is 2. The highest BCUT2D eigenvalue weighted by molar-refractivity contribution is 6.43. The molecule has 0 aliphatic carbocycles. The van der Waals surface area contributed by atoms with Gasteiger partial charge >= 0.3 is 0 Å². The summed E-state index contributed by atoms with van der Waals surface area (Å²) in [5.41, 5.74) is 0.838. The van der Waals surface area contributed by atoms with E-state index in [4.69, 9.17) is 27.9 Å². The van der Waals surface area contributed by atoms with Crippen LogP contribution in [0.5, 0.6) is 0 Å². The molecular formula is C14H14Cl2N4O2. The average Bonchev–Trinajstić information content (AvgIpc) is 2.52. The number of ether oxygens (including phenoxy) is 1. The van der Waals surface area contributed by atoms with E-state index in [1.807, 2.05) is 0 Å². The fourth-order valence-corrected chi connectivity index (χ4v) is 1.99. The van der Waals surface area contributed by atoms with Crippen molar-refractivity contribution < 1.29 is 9.53 Å². The Morgan fingerprint density at radius 1 is 1.32 bits per heavy atom. The Balaban J connectivity index is 2.11. The van der Waals surface area contributed by atoms with Crippen LogP contribution in [-0.2, 0) is 4.74 Å². The predicted molar refractivity (Wildman–Crippen MR) is 86.0 cm³/mol. The van der Waals surface area contributed by atoms with Crippen molar-refractivity contribution in [2.24, 2.45) is 0 Å². The molecule has 0 fully saturated rings. The summed E-state index contributed by atoms with van der Waals surface area (Å²) in [5.74, 6) is 0.135. The number of aromatic nitrogens is 2. The lowest BCUT2D eigenvalue weighted by atomic mass is 10.3. The summed E-state index contributed by atoms with van der Waals surface area (Å²) in [4.78, 5) is 19.9. The Morgan fingerprint density at radius 3 is 2.91 bits per heavy atom. The Labute approximate surface area is 137 Å². The zero-order chi connectivity index (χ0) is 15.9. The molecule has 1 aromatic carbocycles. The van der Waals surface area contributed by atoms with E-state index >= 15 is 0 Å². The maximum absolute atomic E-state index is 11.9. The molecule has 8 heteroatoms. The van der Waals surface area contributed by atoms with Gasteiger partial charge in [-0.15, -0.1) is 0 Å². The SMILES string of the molecule is COCCNC(=O)c1cc(Nc2cccc(Cl)c2Cl)ncn1. The maximum atomic E-state index is 11.9. The zero-order valence-corrected chi connectivity index (χ0v) is 13.3. The van der Waals surface area contributed by atoms with Crippen LogP contribution in [0.3, 0.4) is 0 Å². The highest BCUT2D eigenvalue weighted by Crippen LogP contribution is 2.31. The van der Waals surface area contributed by atoms with E-state index in [2.05, 4.69) is 20.6 Å². The van der Waals surface area contributed by atoms with E-state index in [-0.39, 0.29) is 11.6 Å². The zero-order valence-electron chi connectivity index (χ0n) is 11.8. The van der Waals surface area contributed by atoms with Crippen molar-refractivity contribution in [1.82, 2.24) is 15.3 Å². The van der Waals surface area contributed by atoms with Crippen molar-refractivity contribution >= 4 is 40.6 Å². The smallest absolute Gasteiger partial charge is 0.270 e. The van der Waals surface area contributed by atoms with Gasteiger partial charge in [-0.1, -0.05) is 29.3 Å². The Morgan fingerprint density at radius 2 is 2.14 bits per heavy atom.